The van der Waals surface area contributed by atoms with Crippen LogP contribution in [0, 0.1) is 5.82 Å². The van der Waals surface area contributed by atoms with E-state index in [0.717, 1.165) is 16.9 Å². The lowest BCUT2D eigenvalue weighted by Gasteiger charge is -2.14. The molecule has 0 radical (unpaired) electrons. The van der Waals surface area contributed by atoms with Gasteiger partial charge in [-0.1, -0.05) is 12.1 Å². The van der Waals surface area contributed by atoms with E-state index in [1.165, 1.54) is 24.3 Å². The topological polar surface area (TPSA) is 46.9 Å². The molecule has 1 heterocycles. The number of carbonyl (C=O) groups excluding carboxylic acids is 1. The number of rotatable bonds is 4. The second-order valence-electron chi connectivity index (χ2n) is 4.74. The van der Waals surface area contributed by atoms with E-state index >= 15 is 0 Å². The maximum atomic E-state index is 12.8. The molecule has 0 saturated carbocycles. The van der Waals surface area contributed by atoms with Crippen molar-refractivity contribution in [3.8, 4) is 0 Å². The molecular weight excluding hydrogens is 302 g/mol. The Morgan fingerprint density at radius 2 is 1.91 bits per heavy atom. The fraction of sp³-hybridized carbons (Fsp3) is 0.286. The monoisotopic (exact) mass is 315 g/mol. The first kappa shape index (κ1) is 16.0. The third-order valence-electron chi connectivity index (χ3n) is 2.98. The number of nitrogens with one attached hydrogen (secondary N) is 1. The summed E-state index contributed by atoms with van der Waals surface area (Å²) in [6, 6.07) is 5.98. The minimum Gasteiger partial charge on any atom is -0.348 e. The Labute approximate surface area is 123 Å². The molecule has 1 atom stereocenters. The number of amides is 1. The van der Waals surface area contributed by atoms with Crippen molar-refractivity contribution in [3.63, 3.8) is 0 Å². The van der Waals surface area contributed by atoms with Crippen molar-refractivity contribution in [2.24, 2.45) is 0 Å². The molecule has 0 spiro atoms. The third-order valence-corrected chi connectivity index (χ3v) is 2.98. The van der Waals surface area contributed by atoms with Crippen molar-refractivity contribution >= 4 is 5.91 Å². The van der Waals surface area contributed by atoms with Gasteiger partial charge in [0.1, 0.15) is 12.4 Å². The lowest BCUT2D eigenvalue weighted by Crippen LogP contribution is -2.30. The van der Waals surface area contributed by atoms with Gasteiger partial charge in [0.25, 0.3) is 0 Å². The highest BCUT2D eigenvalue weighted by Gasteiger charge is 2.33. The average Bonchev–Trinajstić information content (AvgIpc) is 2.87. The SMILES string of the molecule is C[C@H](NC(=O)Cn1ccc(C(F)(F)F)n1)c1ccc(F)cc1. The molecule has 1 N–H and O–H groups in total. The molecule has 4 nitrogen and oxygen atoms in total. The highest BCUT2D eigenvalue weighted by molar-refractivity contribution is 5.76. The van der Waals surface area contributed by atoms with E-state index in [1.807, 2.05) is 0 Å². The van der Waals surface area contributed by atoms with Crippen LogP contribution in [-0.4, -0.2) is 15.7 Å². The maximum absolute atomic E-state index is 12.8. The highest BCUT2D eigenvalue weighted by Crippen LogP contribution is 2.27. The standard InChI is InChI=1S/C14H13F4N3O/c1-9(10-2-4-11(15)5-3-10)19-13(22)8-21-7-6-12(20-21)14(16,17)18/h2-7,9H,8H2,1H3,(H,19,22)/t9-/m0/s1. The Morgan fingerprint density at radius 3 is 2.45 bits per heavy atom. The Balaban J connectivity index is 1.95. The molecule has 0 aliphatic heterocycles. The van der Waals surface area contributed by atoms with Gasteiger partial charge in [-0.05, 0) is 30.7 Å². The summed E-state index contributed by atoms with van der Waals surface area (Å²) in [6.07, 6.45) is -3.45. The Morgan fingerprint density at radius 1 is 1.27 bits per heavy atom. The second kappa shape index (κ2) is 6.17. The Kier molecular flexibility index (Phi) is 4.48. The molecule has 2 rings (SSSR count). The molecule has 0 saturated heterocycles. The molecule has 0 unspecified atom stereocenters. The van der Waals surface area contributed by atoms with Gasteiger partial charge in [-0.25, -0.2) is 4.39 Å². The van der Waals surface area contributed by atoms with Crippen LogP contribution in [0.5, 0.6) is 0 Å². The van der Waals surface area contributed by atoms with Gasteiger partial charge in [0.15, 0.2) is 5.69 Å². The summed E-state index contributed by atoms with van der Waals surface area (Å²) in [6.45, 7) is 1.36. The van der Waals surface area contributed by atoms with Gasteiger partial charge in [0.2, 0.25) is 5.91 Å². The van der Waals surface area contributed by atoms with Gasteiger partial charge >= 0.3 is 6.18 Å². The summed E-state index contributed by atoms with van der Waals surface area (Å²) in [5.41, 5.74) is -0.363. The van der Waals surface area contributed by atoms with Crippen molar-refractivity contribution in [2.75, 3.05) is 0 Å². The van der Waals surface area contributed by atoms with Crippen LogP contribution in [0.4, 0.5) is 17.6 Å². The van der Waals surface area contributed by atoms with Crippen LogP contribution in [0.3, 0.4) is 0 Å². The van der Waals surface area contributed by atoms with Crippen LogP contribution in [0.2, 0.25) is 0 Å². The highest BCUT2D eigenvalue weighted by atomic mass is 19.4. The fourth-order valence-corrected chi connectivity index (χ4v) is 1.87. The number of carbonyl (C=O) groups is 1. The zero-order chi connectivity index (χ0) is 16.3. The van der Waals surface area contributed by atoms with Crippen molar-refractivity contribution in [1.82, 2.24) is 15.1 Å². The first-order chi connectivity index (χ1) is 10.3. The molecule has 22 heavy (non-hydrogen) atoms. The molecular formula is C14H13F4N3O. The van der Waals surface area contributed by atoms with Crippen LogP contribution in [0.25, 0.3) is 0 Å². The normalized spacial score (nSPS) is 13.0. The summed E-state index contributed by atoms with van der Waals surface area (Å²) in [7, 11) is 0. The largest absolute Gasteiger partial charge is 0.435 e. The Bertz CT molecular complexity index is 649. The van der Waals surface area contributed by atoms with Gasteiger partial charge in [-0.2, -0.15) is 18.3 Å². The minimum atomic E-state index is -4.54. The van der Waals surface area contributed by atoms with Crippen molar-refractivity contribution in [3.05, 3.63) is 53.6 Å². The van der Waals surface area contributed by atoms with Crippen molar-refractivity contribution < 1.29 is 22.4 Å². The van der Waals surface area contributed by atoms with Crippen LogP contribution in [-0.2, 0) is 17.5 Å². The van der Waals surface area contributed by atoms with E-state index in [2.05, 4.69) is 10.4 Å². The van der Waals surface area contributed by atoms with E-state index in [0.29, 0.717) is 5.56 Å². The van der Waals surface area contributed by atoms with E-state index in [1.54, 1.807) is 6.92 Å². The van der Waals surface area contributed by atoms with Crippen LogP contribution >= 0.6 is 0 Å². The molecule has 8 heteroatoms. The number of benzene rings is 1. The van der Waals surface area contributed by atoms with Crippen LogP contribution in [0.15, 0.2) is 36.5 Å². The molecule has 1 amide bonds. The zero-order valence-corrected chi connectivity index (χ0v) is 11.6. The minimum absolute atomic E-state index is 0.332. The number of aromatic nitrogens is 2. The number of alkyl halides is 3. The molecule has 0 fully saturated rings. The van der Waals surface area contributed by atoms with Crippen LogP contribution in [0.1, 0.15) is 24.2 Å². The smallest absolute Gasteiger partial charge is 0.348 e. The van der Waals surface area contributed by atoms with E-state index in [9.17, 15) is 22.4 Å². The van der Waals surface area contributed by atoms with Crippen molar-refractivity contribution in [1.29, 1.82) is 0 Å². The number of hydrogen-bond donors (Lipinski definition) is 1. The van der Waals surface area contributed by atoms with E-state index < -0.39 is 29.6 Å². The third kappa shape index (κ3) is 4.06. The summed E-state index contributed by atoms with van der Waals surface area (Å²) in [5.74, 6) is -0.882. The summed E-state index contributed by atoms with van der Waals surface area (Å²) in [4.78, 5) is 11.8. The fourth-order valence-electron chi connectivity index (χ4n) is 1.87. The molecule has 2 aromatic rings. The molecule has 118 valence electrons. The zero-order valence-electron chi connectivity index (χ0n) is 11.6. The number of hydrogen-bond acceptors (Lipinski definition) is 2. The predicted molar refractivity (Wildman–Crippen MR) is 70.2 cm³/mol. The summed E-state index contributed by atoms with van der Waals surface area (Å²) >= 11 is 0. The first-order valence-electron chi connectivity index (χ1n) is 6.41. The summed E-state index contributed by atoms with van der Waals surface area (Å²) in [5, 5.41) is 5.90. The molecule has 0 aliphatic carbocycles. The molecule has 0 aliphatic rings. The lowest BCUT2D eigenvalue weighted by atomic mass is 10.1. The molecule has 1 aromatic heterocycles. The average molecular weight is 315 g/mol. The number of halogens is 4. The quantitative estimate of drug-likeness (QED) is 0.882. The summed E-state index contributed by atoms with van der Waals surface area (Å²) < 4.78 is 50.9. The molecule has 0 bridgehead atoms. The number of nitrogens with zero attached hydrogens (tertiary/aromatic N) is 2. The first-order valence-corrected chi connectivity index (χ1v) is 6.41. The lowest BCUT2D eigenvalue weighted by molar-refractivity contribution is -0.141. The van der Waals surface area contributed by atoms with Gasteiger partial charge < -0.3 is 5.32 Å². The maximum Gasteiger partial charge on any atom is 0.435 e. The van der Waals surface area contributed by atoms with E-state index in [-0.39, 0.29) is 6.54 Å². The Hall–Kier alpha value is -2.38. The van der Waals surface area contributed by atoms with E-state index in [4.69, 9.17) is 0 Å². The van der Waals surface area contributed by atoms with Gasteiger partial charge in [0.05, 0.1) is 6.04 Å². The predicted octanol–water partition coefficient (Wildman–Crippen LogP) is 2.92. The van der Waals surface area contributed by atoms with Gasteiger partial charge in [-0.15, -0.1) is 0 Å². The van der Waals surface area contributed by atoms with Crippen molar-refractivity contribution in [2.45, 2.75) is 25.7 Å². The van der Waals surface area contributed by atoms with Gasteiger partial charge in [-0.3, -0.25) is 9.48 Å². The van der Waals surface area contributed by atoms with Gasteiger partial charge in [0, 0.05) is 6.20 Å². The molecule has 1 aromatic carbocycles. The van der Waals surface area contributed by atoms with Crippen LogP contribution < -0.4 is 5.32 Å². The second-order valence-corrected chi connectivity index (χ2v) is 4.74.